The van der Waals surface area contributed by atoms with Crippen molar-refractivity contribution < 1.29 is 23.5 Å². The predicted molar refractivity (Wildman–Crippen MR) is 104 cm³/mol. The maximum Gasteiger partial charge on any atom is 0.344 e. The topological polar surface area (TPSA) is 108 Å². The zero-order chi connectivity index (χ0) is 20.4. The number of aryl methyl sites for hydroxylation is 1. The molecule has 2 aromatic heterocycles. The lowest BCUT2D eigenvalue weighted by molar-refractivity contribution is -0.116. The number of amides is 1. The summed E-state index contributed by atoms with van der Waals surface area (Å²) in [5.41, 5.74) is 0.577. The number of carbonyl (C=O) groups excluding carboxylic acids is 3. The second-order valence-electron chi connectivity index (χ2n) is 5.98. The van der Waals surface area contributed by atoms with E-state index >= 15 is 0 Å². The third kappa shape index (κ3) is 3.61. The van der Waals surface area contributed by atoms with E-state index in [1.54, 1.807) is 25.1 Å². The quantitative estimate of drug-likeness (QED) is 0.502. The van der Waals surface area contributed by atoms with E-state index in [0.29, 0.717) is 5.52 Å². The van der Waals surface area contributed by atoms with Gasteiger partial charge in [-0.1, -0.05) is 23.5 Å². The van der Waals surface area contributed by atoms with Crippen LogP contribution in [0.2, 0.25) is 0 Å². The van der Waals surface area contributed by atoms with Crippen molar-refractivity contribution in [2.45, 2.75) is 27.3 Å². The second-order valence-corrected chi connectivity index (χ2v) is 6.98. The third-order valence-corrected chi connectivity index (χ3v) is 5.00. The SMILES string of the molecule is CCOC(=O)c1c(NC(=O)Cn2c(=O)sc3ccccc32)oc(C)c1C(C)=O. The molecule has 1 amide bonds. The molecule has 0 aliphatic rings. The van der Waals surface area contributed by atoms with Crippen molar-refractivity contribution in [2.24, 2.45) is 0 Å². The standard InChI is InChI=1S/C19H18N2O6S/c1-4-26-18(24)16-15(10(2)22)11(3)27-17(16)20-14(23)9-21-12-7-5-6-8-13(12)28-19(21)25/h5-8H,4,9H2,1-3H3,(H,20,23). The molecule has 1 aromatic carbocycles. The number of nitrogens with one attached hydrogen (secondary N) is 1. The molecule has 1 N–H and O–H groups in total. The van der Waals surface area contributed by atoms with Gasteiger partial charge in [-0.3, -0.25) is 24.3 Å². The van der Waals surface area contributed by atoms with Crippen molar-refractivity contribution in [3.05, 3.63) is 50.8 Å². The molecule has 9 heteroatoms. The fraction of sp³-hybridized carbons (Fsp3) is 0.263. The lowest BCUT2D eigenvalue weighted by Crippen LogP contribution is -2.25. The van der Waals surface area contributed by atoms with Crippen molar-refractivity contribution >= 4 is 45.1 Å². The predicted octanol–water partition coefficient (Wildman–Crippen LogP) is 2.98. The number of para-hydroxylation sites is 1. The van der Waals surface area contributed by atoms with Crippen LogP contribution in [0.4, 0.5) is 5.88 Å². The largest absolute Gasteiger partial charge is 0.462 e. The summed E-state index contributed by atoms with van der Waals surface area (Å²) in [7, 11) is 0. The zero-order valence-corrected chi connectivity index (χ0v) is 16.3. The summed E-state index contributed by atoms with van der Waals surface area (Å²) < 4.78 is 12.5. The van der Waals surface area contributed by atoms with Crippen molar-refractivity contribution in [3.8, 4) is 0 Å². The maximum atomic E-state index is 12.5. The Kier molecular flexibility index (Phi) is 5.46. The molecule has 0 radical (unpaired) electrons. The summed E-state index contributed by atoms with van der Waals surface area (Å²) in [6.07, 6.45) is 0. The Labute approximate surface area is 163 Å². The Balaban J connectivity index is 1.93. The Morgan fingerprint density at radius 1 is 1.21 bits per heavy atom. The number of hydrogen-bond acceptors (Lipinski definition) is 7. The molecule has 3 aromatic rings. The minimum absolute atomic E-state index is 0.0619. The van der Waals surface area contributed by atoms with Crippen LogP contribution < -0.4 is 10.2 Å². The van der Waals surface area contributed by atoms with Gasteiger partial charge in [0, 0.05) is 0 Å². The number of thiazole rings is 1. The van der Waals surface area contributed by atoms with Gasteiger partial charge in [-0.15, -0.1) is 0 Å². The summed E-state index contributed by atoms with van der Waals surface area (Å²) in [6, 6.07) is 7.12. The van der Waals surface area contributed by atoms with E-state index in [4.69, 9.17) is 9.15 Å². The van der Waals surface area contributed by atoms with Gasteiger partial charge >= 0.3 is 10.8 Å². The molecule has 0 fully saturated rings. The normalized spacial score (nSPS) is 10.8. The summed E-state index contributed by atoms with van der Waals surface area (Å²) >= 11 is 1.04. The van der Waals surface area contributed by atoms with E-state index in [0.717, 1.165) is 16.0 Å². The molecule has 8 nitrogen and oxygen atoms in total. The number of ether oxygens (including phenoxy) is 1. The number of carbonyl (C=O) groups is 3. The Morgan fingerprint density at radius 3 is 2.61 bits per heavy atom. The van der Waals surface area contributed by atoms with Crippen LogP contribution in [0.15, 0.2) is 33.5 Å². The number of esters is 1. The Bertz CT molecular complexity index is 1140. The highest BCUT2D eigenvalue weighted by Gasteiger charge is 2.28. The van der Waals surface area contributed by atoms with Crippen LogP contribution >= 0.6 is 11.3 Å². The molecule has 2 heterocycles. The van der Waals surface area contributed by atoms with Crippen LogP contribution in [-0.2, 0) is 16.1 Å². The zero-order valence-electron chi connectivity index (χ0n) is 15.5. The van der Waals surface area contributed by atoms with Gasteiger partial charge in [-0.2, -0.15) is 0 Å². The number of nitrogens with zero attached hydrogens (tertiary/aromatic N) is 1. The highest BCUT2D eigenvalue weighted by Crippen LogP contribution is 2.28. The van der Waals surface area contributed by atoms with Crippen LogP contribution in [0.5, 0.6) is 0 Å². The van der Waals surface area contributed by atoms with E-state index < -0.39 is 11.9 Å². The molecular formula is C19H18N2O6S. The Morgan fingerprint density at radius 2 is 1.93 bits per heavy atom. The fourth-order valence-corrected chi connectivity index (χ4v) is 3.82. The third-order valence-electron chi connectivity index (χ3n) is 4.04. The number of fused-ring (bicyclic) bond motifs is 1. The van der Waals surface area contributed by atoms with Crippen LogP contribution in [0.1, 0.15) is 40.3 Å². The van der Waals surface area contributed by atoms with Gasteiger partial charge in [0.2, 0.25) is 11.8 Å². The number of benzene rings is 1. The molecule has 0 atom stereocenters. The molecule has 0 saturated carbocycles. The fourth-order valence-electron chi connectivity index (χ4n) is 2.93. The molecule has 0 bridgehead atoms. The lowest BCUT2D eigenvalue weighted by Gasteiger charge is -2.07. The van der Waals surface area contributed by atoms with E-state index in [9.17, 15) is 19.2 Å². The average Bonchev–Trinajstić information content (AvgIpc) is 3.12. The molecule has 0 unspecified atom stereocenters. The number of rotatable bonds is 6. The molecule has 0 saturated heterocycles. The lowest BCUT2D eigenvalue weighted by atomic mass is 10.1. The number of aromatic nitrogens is 1. The molecule has 28 heavy (non-hydrogen) atoms. The molecule has 0 spiro atoms. The number of anilines is 1. The van der Waals surface area contributed by atoms with Gasteiger partial charge in [0.15, 0.2) is 5.78 Å². The van der Waals surface area contributed by atoms with E-state index in [2.05, 4.69) is 5.32 Å². The van der Waals surface area contributed by atoms with Gasteiger partial charge < -0.3 is 9.15 Å². The van der Waals surface area contributed by atoms with Crippen molar-refractivity contribution in [1.82, 2.24) is 4.57 Å². The summed E-state index contributed by atoms with van der Waals surface area (Å²) in [5, 5.41) is 2.48. The first-order valence-electron chi connectivity index (χ1n) is 8.53. The van der Waals surface area contributed by atoms with Gasteiger partial charge in [0.05, 0.1) is 22.4 Å². The average molecular weight is 402 g/mol. The second kappa shape index (κ2) is 7.81. The summed E-state index contributed by atoms with van der Waals surface area (Å²) in [4.78, 5) is 48.7. The first-order valence-corrected chi connectivity index (χ1v) is 9.34. The monoisotopic (exact) mass is 402 g/mol. The van der Waals surface area contributed by atoms with Gasteiger partial charge in [0.1, 0.15) is 17.9 Å². The molecule has 3 rings (SSSR count). The number of hydrogen-bond donors (Lipinski definition) is 1. The highest BCUT2D eigenvalue weighted by molar-refractivity contribution is 7.16. The van der Waals surface area contributed by atoms with Gasteiger partial charge in [0.25, 0.3) is 0 Å². The number of ketones is 1. The molecule has 0 aliphatic heterocycles. The Hall–Kier alpha value is -3.20. The summed E-state index contributed by atoms with van der Waals surface area (Å²) in [5.74, 6) is -1.69. The van der Waals surface area contributed by atoms with E-state index in [1.165, 1.54) is 18.4 Å². The first kappa shape index (κ1) is 19.6. The number of furan rings is 1. The van der Waals surface area contributed by atoms with Gasteiger partial charge in [-0.25, -0.2) is 4.79 Å². The van der Waals surface area contributed by atoms with Crippen molar-refractivity contribution in [2.75, 3.05) is 11.9 Å². The first-order chi connectivity index (χ1) is 13.3. The number of Topliss-reactive ketones (excluding diaryl/α,β-unsaturated/α-hetero) is 1. The van der Waals surface area contributed by atoms with Gasteiger partial charge in [-0.05, 0) is 32.9 Å². The highest BCUT2D eigenvalue weighted by atomic mass is 32.1. The smallest absolute Gasteiger partial charge is 0.344 e. The summed E-state index contributed by atoms with van der Waals surface area (Å²) in [6.45, 7) is 4.28. The minimum atomic E-state index is -0.766. The van der Waals surface area contributed by atoms with Crippen LogP contribution in [0.3, 0.4) is 0 Å². The van der Waals surface area contributed by atoms with Crippen molar-refractivity contribution in [1.29, 1.82) is 0 Å². The molecule has 0 aliphatic carbocycles. The van der Waals surface area contributed by atoms with Crippen LogP contribution in [-0.4, -0.2) is 28.8 Å². The minimum Gasteiger partial charge on any atom is -0.462 e. The van der Waals surface area contributed by atoms with Crippen molar-refractivity contribution in [3.63, 3.8) is 0 Å². The van der Waals surface area contributed by atoms with Crippen LogP contribution in [0, 0.1) is 6.92 Å². The maximum absolute atomic E-state index is 12.5. The van der Waals surface area contributed by atoms with E-state index in [1.807, 2.05) is 6.07 Å². The van der Waals surface area contributed by atoms with Crippen LogP contribution in [0.25, 0.3) is 10.2 Å². The van der Waals surface area contributed by atoms with E-state index in [-0.39, 0.29) is 46.6 Å². The molecular weight excluding hydrogens is 384 g/mol. The molecule has 146 valence electrons.